The normalized spacial score (nSPS) is 10.4. The maximum absolute atomic E-state index is 10.7. The average molecular weight is 230 g/mol. The van der Waals surface area contributed by atoms with Crippen molar-refractivity contribution in [3.8, 4) is 0 Å². The average Bonchev–Trinajstić information content (AvgIpc) is 2.32. The van der Waals surface area contributed by atoms with Gasteiger partial charge in [0.1, 0.15) is 0 Å². The number of carbonyl (C=O) groups is 1. The van der Waals surface area contributed by atoms with Crippen LogP contribution in [0.15, 0.2) is 30.5 Å². The van der Waals surface area contributed by atoms with Crippen LogP contribution < -0.4 is 16.8 Å². The summed E-state index contributed by atoms with van der Waals surface area (Å²) in [5, 5.41) is 4.06. The molecule has 0 aliphatic heterocycles. The van der Waals surface area contributed by atoms with Crippen molar-refractivity contribution in [1.82, 2.24) is 4.98 Å². The lowest BCUT2D eigenvalue weighted by molar-refractivity contribution is -0.117. The summed E-state index contributed by atoms with van der Waals surface area (Å²) in [6.45, 7) is 0.466. The van der Waals surface area contributed by atoms with E-state index in [1.54, 1.807) is 6.20 Å². The number of fused-ring (bicyclic) bond motifs is 1. The Balaban J connectivity index is 2.31. The standard InChI is InChI=1S/C12H14N4O/c13-9-7-16-10-4-2-1-3-8(10)12(9)15-6-5-11(14)17/h1-4,7H,5-6,13H2,(H2,14,17)(H,15,16). The number of rotatable bonds is 4. The molecule has 0 bridgehead atoms. The van der Waals surface area contributed by atoms with Gasteiger partial charge in [-0.2, -0.15) is 0 Å². The molecule has 1 heterocycles. The number of aromatic nitrogens is 1. The van der Waals surface area contributed by atoms with E-state index >= 15 is 0 Å². The van der Waals surface area contributed by atoms with Crippen molar-refractivity contribution < 1.29 is 4.79 Å². The fourth-order valence-corrected chi connectivity index (χ4v) is 1.66. The summed E-state index contributed by atoms with van der Waals surface area (Å²) in [4.78, 5) is 14.9. The van der Waals surface area contributed by atoms with E-state index in [1.165, 1.54) is 0 Å². The van der Waals surface area contributed by atoms with Gasteiger partial charge in [0.2, 0.25) is 5.91 Å². The van der Waals surface area contributed by atoms with Crippen molar-refractivity contribution in [3.05, 3.63) is 30.5 Å². The molecule has 17 heavy (non-hydrogen) atoms. The van der Waals surface area contributed by atoms with Gasteiger partial charge in [-0.05, 0) is 6.07 Å². The number of hydrogen-bond acceptors (Lipinski definition) is 4. The van der Waals surface area contributed by atoms with Gasteiger partial charge in [0, 0.05) is 18.4 Å². The third-order valence-electron chi connectivity index (χ3n) is 2.48. The molecule has 2 rings (SSSR count). The number of amides is 1. The molecule has 1 aromatic carbocycles. The molecule has 2 aromatic rings. The van der Waals surface area contributed by atoms with E-state index in [-0.39, 0.29) is 12.3 Å². The van der Waals surface area contributed by atoms with Gasteiger partial charge in [0.15, 0.2) is 0 Å². The number of nitrogens with two attached hydrogens (primary N) is 2. The minimum atomic E-state index is -0.338. The number of benzene rings is 1. The second-order valence-corrected chi connectivity index (χ2v) is 3.75. The minimum Gasteiger partial charge on any atom is -0.396 e. The van der Waals surface area contributed by atoms with Crippen LogP contribution in [0.1, 0.15) is 6.42 Å². The van der Waals surface area contributed by atoms with E-state index in [0.29, 0.717) is 12.2 Å². The van der Waals surface area contributed by atoms with Crippen molar-refractivity contribution in [2.75, 3.05) is 17.6 Å². The van der Waals surface area contributed by atoms with Gasteiger partial charge in [-0.1, -0.05) is 18.2 Å². The SMILES string of the molecule is NC(=O)CCNc1c(N)cnc2ccccc12. The van der Waals surface area contributed by atoms with Crippen LogP contribution in [0.3, 0.4) is 0 Å². The summed E-state index contributed by atoms with van der Waals surface area (Å²) in [5.41, 5.74) is 13.2. The highest BCUT2D eigenvalue weighted by Crippen LogP contribution is 2.27. The molecule has 0 unspecified atom stereocenters. The van der Waals surface area contributed by atoms with E-state index in [0.717, 1.165) is 16.6 Å². The molecule has 1 aromatic heterocycles. The second kappa shape index (κ2) is 4.69. The highest BCUT2D eigenvalue weighted by molar-refractivity contribution is 5.96. The summed E-state index contributed by atoms with van der Waals surface area (Å²) in [6.07, 6.45) is 1.88. The van der Waals surface area contributed by atoms with Gasteiger partial charge in [-0.3, -0.25) is 9.78 Å². The number of anilines is 2. The molecule has 0 aliphatic carbocycles. The van der Waals surface area contributed by atoms with Crippen LogP contribution in [0.4, 0.5) is 11.4 Å². The highest BCUT2D eigenvalue weighted by atomic mass is 16.1. The first-order valence-electron chi connectivity index (χ1n) is 5.34. The first-order valence-corrected chi connectivity index (χ1v) is 5.34. The molecule has 1 amide bonds. The number of nitrogens with zero attached hydrogens (tertiary/aromatic N) is 1. The molecular formula is C12H14N4O. The lowest BCUT2D eigenvalue weighted by atomic mass is 10.1. The largest absolute Gasteiger partial charge is 0.396 e. The monoisotopic (exact) mass is 230 g/mol. The number of hydrogen-bond donors (Lipinski definition) is 3. The summed E-state index contributed by atoms with van der Waals surface area (Å²) >= 11 is 0. The molecule has 0 spiro atoms. The third-order valence-corrected chi connectivity index (χ3v) is 2.48. The highest BCUT2D eigenvalue weighted by Gasteiger charge is 2.05. The molecule has 5 nitrogen and oxygen atoms in total. The molecule has 0 aliphatic rings. The molecule has 0 saturated heterocycles. The van der Waals surface area contributed by atoms with E-state index in [2.05, 4.69) is 10.3 Å². The number of nitrogen functional groups attached to an aromatic ring is 1. The lowest BCUT2D eigenvalue weighted by Gasteiger charge is -2.11. The van der Waals surface area contributed by atoms with E-state index in [1.807, 2.05) is 24.3 Å². The molecule has 0 radical (unpaired) electrons. The Morgan fingerprint density at radius 2 is 2.12 bits per heavy atom. The fourth-order valence-electron chi connectivity index (χ4n) is 1.66. The molecular weight excluding hydrogens is 216 g/mol. The predicted molar refractivity (Wildman–Crippen MR) is 68.5 cm³/mol. The summed E-state index contributed by atoms with van der Waals surface area (Å²) in [5.74, 6) is -0.338. The third kappa shape index (κ3) is 2.44. The number of carbonyl (C=O) groups excluding carboxylic acids is 1. The van der Waals surface area contributed by atoms with E-state index in [4.69, 9.17) is 11.5 Å². The van der Waals surface area contributed by atoms with Crippen LogP contribution in [-0.4, -0.2) is 17.4 Å². The Labute approximate surface area is 98.8 Å². The van der Waals surface area contributed by atoms with Crippen molar-refractivity contribution in [2.24, 2.45) is 5.73 Å². The first-order chi connectivity index (χ1) is 8.18. The number of nitrogens with one attached hydrogen (secondary N) is 1. The zero-order valence-corrected chi connectivity index (χ0v) is 9.31. The van der Waals surface area contributed by atoms with Crippen molar-refractivity contribution in [1.29, 1.82) is 0 Å². The Morgan fingerprint density at radius 3 is 2.88 bits per heavy atom. The minimum absolute atomic E-state index is 0.274. The lowest BCUT2D eigenvalue weighted by Crippen LogP contribution is -2.16. The van der Waals surface area contributed by atoms with E-state index < -0.39 is 0 Å². The van der Waals surface area contributed by atoms with Gasteiger partial charge >= 0.3 is 0 Å². The Morgan fingerprint density at radius 1 is 1.35 bits per heavy atom. The molecule has 0 saturated carbocycles. The Bertz CT molecular complexity index is 553. The maximum Gasteiger partial charge on any atom is 0.219 e. The number of pyridine rings is 1. The number of para-hydroxylation sites is 1. The maximum atomic E-state index is 10.7. The molecule has 88 valence electrons. The van der Waals surface area contributed by atoms with Crippen molar-refractivity contribution >= 4 is 28.2 Å². The van der Waals surface area contributed by atoms with Gasteiger partial charge in [0.25, 0.3) is 0 Å². The molecule has 0 fully saturated rings. The topological polar surface area (TPSA) is 94.0 Å². The van der Waals surface area contributed by atoms with E-state index in [9.17, 15) is 4.79 Å². The summed E-state index contributed by atoms with van der Waals surface area (Å²) in [6, 6.07) is 7.68. The van der Waals surface area contributed by atoms with Crippen LogP contribution in [0.5, 0.6) is 0 Å². The quantitative estimate of drug-likeness (QED) is 0.733. The van der Waals surface area contributed by atoms with Crippen LogP contribution in [0.25, 0.3) is 10.9 Å². The van der Waals surface area contributed by atoms with Crippen LogP contribution in [0.2, 0.25) is 0 Å². The number of primary amides is 1. The van der Waals surface area contributed by atoms with Crippen LogP contribution in [0, 0.1) is 0 Å². The van der Waals surface area contributed by atoms with Crippen molar-refractivity contribution in [2.45, 2.75) is 6.42 Å². The predicted octanol–water partition coefficient (Wildman–Crippen LogP) is 1.10. The Kier molecular flexibility index (Phi) is 3.09. The van der Waals surface area contributed by atoms with Gasteiger partial charge in [-0.25, -0.2) is 0 Å². The zero-order chi connectivity index (χ0) is 12.3. The van der Waals surface area contributed by atoms with Crippen LogP contribution in [-0.2, 0) is 4.79 Å². The molecule has 5 N–H and O–H groups in total. The second-order valence-electron chi connectivity index (χ2n) is 3.75. The summed E-state index contributed by atoms with van der Waals surface area (Å²) < 4.78 is 0. The smallest absolute Gasteiger partial charge is 0.219 e. The zero-order valence-electron chi connectivity index (χ0n) is 9.31. The van der Waals surface area contributed by atoms with Gasteiger partial charge in [-0.15, -0.1) is 0 Å². The fraction of sp³-hybridized carbons (Fsp3) is 0.167. The van der Waals surface area contributed by atoms with Gasteiger partial charge in [0.05, 0.1) is 23.1 Å². The molecule has 0 atom stereocenters. The van der Waals surface area contributed by atoms with Crippen LogP contribution >= 0.6 is 0 Å². The summed E-state index contributed by atoms with van der Waals surface area (Å²) in [7, 11) is 0. The first kappa shape index (κ1) is 11.2. The van der Waals surface area contributed by atoms with Crippen molar-refractivity contribution in [3.63, 3.8) is 0 Å². The van der Waals surface area contributed by atoms with Gasteiger partial charge < -0.3 is 16.8 Å². The molecule has 5 heteroatoms. The Hall–Kier alpha value is -2.30.